The van der Waals surface area contributed by atoms with Gasteiger partial charge in [0.05, 0.1) is 0 Å². The van der Waals surface area contributed by atoms with Crippen LogP contribution in [0.5, 0.6) is 0 Å². The Morgan fingerprint density at radius 3 is 1.29 bits per heavy atom. The Morgan fingerprint density at radius 1 is 0.643 bits per heavy atom. The van der Waals surface area contributed by atoms with Crippen molar-refractivity contribution in [3.8, 4) is 0 Å². The summed E-state index contributed by atoms with van der Waals surface area (Å²) in [5, 5.41) is 0.158. The SMILES string of the molecule is ClCCCCC(Cl)C(Cl)CCCCCl. The van der Waals surface area contributed by atoms with Gasteiger partial charge in [0.15, 0.2) is 0 Å². The Labute approximate surface area is 107 Å². The molecule has 0 N–H and O–H groups in total. The van der Waals surface area contributed by atoms with Crippen LogP contribution in [0.2, 0.25) is 0 Å². The number of rotatable bonds is 9. The van der Waals surface area contributed by atoms with Crippen LogP contribution >= 0.6 is 46.4 Å². The molecule has 2 atom stereocenters. The Hall–Kier alpha value is 1.16. The zero-order valence-electron chi connectivity index (χ0n) is 8.32. The fourth-order valence-electron chi connectivity index (χ4n) is 1.23. The van der Waals surface area contributed by atoms with E-state index < -0.39 is 0 Å². The smallest absolute Gasteiger partial charge is 0.0499 e. The lowest BCUT2D eigenvalue weighted by atomic mass is 10.1. The molecule has 0 spiro atoms. The second-order valence-corrected chi connectivity index (χ2v) is 5.28. The van der Waals surface area contributed by atoms with Crippen LogP contribution in [0.1, 0.15) is 38.5 Å². The van der Waals surface area contributed by atoms with Crippen LogP contribution < -0.4 is 0 Å². The van der Waals surface area contributed by atoms with E-state index in [-0.39, 0.29) is 10.8 Å². The summed E-state index contributed by atoms with van der Waals surface area (Å²) in [5.41, 5.74) is 0. The van der Waals surface area contributed by atoms with Crippen LogP contribution in [0.15, 0.2) is 0 Å². The standard InChI is InChI=1S/C10H18Cl4/c11-7-3-1-5-9(13)10(14)6-2-4-8-12/h9-10H,1-8H2. The molecule has 0 bridgehead atoms. The van der Waals surface area contributed by atoms with Crippen molar-refractivity contribution in [3.63, 3.8) is 0 Å². The predicted octanol–water partition coefficient (Wildman–Crippen LogP) is 5.02. The van der Waals surface area contributed by atoms with Gasteiger partial charge in [-0.15, -0.1) is 46.4 Å². The van der Waals surface area contributed by atoms with Crippen molar-refractivity contribution in [2.45, 2.75) is 49.3 Å². The molecule has 0 aliphatic heterocycles. The molecular formula is C10H18Cl4. The Morgan fingerprint density at radius 2 is 1.00 bits per heavy atom. The van der Waals surface area contributed by atoms with Gasteiger partial charge in [0.25, 0.3) is 0 Å². The van der Waals surface area contributed by atoms with Gasteiger partial charge in [-0.05, 0) is 25.7 Å². The van der Waals surface area contributed by atoms with Crippen molar-refractivity contribution in [3.05, 3.63) is 0 Å². The van der Waals surface area contributed by atoms with Crippen LogP contribution in [0.4, 0.5) is 0 Å². The number of hydrogen-bond acceptors (Lipinski definition) is 0. The van der Waals surface area contributed by atoms with E-state index in [1.165, 1.54) is 0 Å². The van der Waals surface area contributed by atoms with E-state index in [2.05, 4.69) is 0 Å². The molecule has 0 aromatic heterocycles. The molecule has 0 aromatic carbocycles. The van der Waals surface area contributed by atoms with Crippen molar-refractivity contribution in [1.82, 2.24) is 0 Å². The Kier molecular flexibility index (Phi) is 11.6. The lowest BCUT2D eigenvalue weighted by Crippen LogP contribution is -2.15. The molecule has 0 aliphatic carbocycles. The molecule has 0 heterocycles. The highest BCUT2D eigenvalue weighted by atomic mass is 35.5. The summed E-state index contributed by atoms with van der Waals surface area (Å²) in [6.45, 7) is 0. The third-order valence-electron chi connectivity index (χ3n) is 2.12. The monoisotopic (exact) mass is 278 g/mol. The van der Waals surface area contributed by atoms with E-state index in [1.807, 2.05) is 0 Å². The lowest BCUT2D eigenvalue weighted by Gasteiger charge is -2.15. The molecule has 0 amide bonds. The molecule has 0 nitrogen and oxygen atoms in total. The van der Waals surface area contributed by atoms with Crippen LogP contribution in [-0.2, 0) is 0 Å². The molecule has 2 unspecified atom stereocenters. The predicted molar refractivity (Wildman–Crippen MR) is 68.4 cm³/mol. The molecule has 14 heavy (non-hydrogen) atoms. The highest BCUT2D eigenvalue weighted by molar-refractivity contribution is 6.30. The topological polar surface area (TPSA) is 0 Å². The molecule has 0 aliphatic rings. The number of alkyl halides is 4. The van der Waals surface area contributed by atoms with Gasteiger partial charge in [0.2, 0.25) is 0 Å². The van der Waals surface area contributed by atoms with Crippen molar-refractivity contribution in [2.75, 3.05) is 11.8 Å². The van der Waals surface area contributed by atoms with E-state index in [0.717, 1.165) is 38.5 Å². The minimum atomic E-state index is 0.0789. The molecule has 0 fully saturated rings. The molecule has 0 rings (SSSR count). The number of halogens is 4. The maximum atomic E-state index is 6.14. The Bertz CT molecular complexity index is 105. The minimum absolute atomic E-state index is 0.0789. The fraction of sp³-hybridized carbons (Fsp3) is 1.00. The third kappa shape index (κ3) is 8.47. The first-order valence-electron chi connectivity index (χ1n) is 5.12. The third-order valence-corrected chi connectivity index (χ3v) is 3.83. The van der Waals surface area contributed by atoms with Crippen LogP contribution in [-0.4, -0.2) is 22.5 Å². The second-order valence-electron chi connectivity index (χ2n) is 3.40. The summed E-state index contributed by atoms with van der Waals surface area (Å²) in [7, 11) is 0. The molecule has 0 saturated carbocycles. The van der Waals surface area contributed by atoms with E-state index in [1.54, 1.807) is 0 Å². The summed E-state index contributed by atoms with van der Waals surface area (Å²) >= 11 is 23.4. The van der Waals surface area contributed by atoms with Gasteiger partial charge >= 0.3 is 0 Å². The van der Waals surface area contributed by atoms with Gasteiger partial charge < -0.3 is 0 Å². The highest BCUT2D eigenvalue weighted by Crippen LogP contribution is 2.21. The van der Waals surface area contributed by atoms with Gasteiger partial charge in [-0.1, -0.05) is 12.8 Å². The van der Waals surface area contributed by atoms with Crippen molar-refractivity contribution >= 4 is 46.4 Å². The van der Waals surface area contributed by atoms with Crippen molar-refractivity contribution in [2.24, 2.45) is 0 Å². The molecule has 0 radical (unpaired) electrons. The first kappa shape index (κ1) is 15.2. The van der Waals surface area contributed by atoms with E-state index in [0.29, 0.717) is 11.8 Å². The van der Waals surface area contributed by atoms with Crippen LogP contribution in [0.25, 0.3) is 0 Å². The molecular weight excluding hydrogens is 262 g/mol. The zero-order chi connectivity index (χ0) is 10.8. The largest absolute Gasteiger partial charge is 0.127 e. The summed E-state index contributed by atoms with van der Waals surface area (Å²) in [5.74, 6) is 1.42. The summed E-state index contributed by atoms with van der Waals surface area (Å²) in [6, 6.07) is 0. The summed E-state index contributed by atoms with van der Waals surface area (Å²) < 4.78 is 0. The number of unbranched alkanes of at least 4 members (excludes halogenated alkanes) is 2. The summed E-state index contributed by atoms with van der Waals surface area (Å²) in [6.07, 6.45) is 6.10. The maximum absolute atomic E-state index is 6.14. The first-order chi connectivity index (χ1) is 6.72. The second kappa shape index (κ2) is 10.7. The van der Waals surface area contributed by atoms with Crippen molar-refractivity contribution < 1.29 is 0 Å². The van der Waals surface area contributed by atoms with E-state index >= 15 is 0 Å². The maximum Gasteiger partial charge on any atom is 0.0499 e. The van der Waals surface area contributed by atoms with Crippen molar-refractivity contribution in [1.29, 1.82) is 0 Å². The van der Waals surface area contributed by atoms with E-state index in [9.17, 15) is 0 Å². The fourth-order valence-corrected chi connectivity index (χ4v) is 2.17. The van der Waals surface area contributed by atoms with Gasteiger partial charge in [-0.25, -0.2) is 0 Å². The number of hydrogen-bond donors (Lipinski definition) is 0. The van der Waals surface area contributed by atoms with E-state index in [4.69, 9.17) is 46.4 Å². The Balaban J connectivity index is 3.39. The zero-order valence-corrected chi connectivity index (χ0v) is 11.3. The van der Waals surface area contributed by atoms with Gasteiger partial charge in [-0.2, -0.15) is 0 Å². The summed E-state index contributed by atoms with van der Waals surface area (Å²) in [4.78, 5) is 0. The average Bonchev–Trinajstić information content (AvgIpc) is 2.18. The van der Waals surface area contributed by atoms with Gasteiger partial charge in [0.1, 0.15) is 0 Å². The van der Waals surface area contributed by atoms with Gasteiger partial charge in [0, 0.05) is 22.5 Å². The highest BCUT2D eigenvalue weighted by Gasteiger charge is 2.15. The lowest BCUT2D eigenvalue weighted by molar-refractivity contribution is 0.600. The normalized spacial score (nSPS) is 15.4. The van der Waals surface area contributed by atoms with Crippen LogP contribution in [0, 0.1) is 0 Å². The molecule has 4 heteroatoms. The molecule has 86 valence electrons. The minimum Gasteiger partial charge on any atom is -0.127 e. The van der Waals surface area contributed by atoms with Gasteiger partial charge in [-0.3, -0.25) is 0 Å². The quantitative estimate of drug-likeness (QED) is 0.411. The first-order valence-corrected chi connectivity index (χ1v) is 7.06. The van der Waals surface area contributed by atoms with Crippen LogP contribution in [0.3, 0.4) is 0 Å². The molecule has 0 saturated heterocycles. The molecule has 0 aromatic rings. The average molecular weight is 280 g/mol.